The Bertz CT molecular complexity index is 385. The largest absolute Gasteiger partial charge is 0.367 e. The molecule has 0 atom stereocenters. The highest BCUT2D eigenvalue weighted by Crippen LogP contribution is 2.28. The number of anilines is 1. The zero-order valence-corrected chi connectivity index (χ0v) is 9.45. The van der Waals surface area contributed by atoms with Crippen molar-refractivity contribution in [3.8, 4) is 0 Å². The monoisotopic (exact) mass is 218 g/mol. The molecule has 1 aromatic rings. The van der Waals surface area contributed by atoms with E-state index in [1.54, 1.807) is 6.33 Å². The van der Waals surface area contributed by atoms with Gasteiger partial charge in [0.2, 0.25) is 0 Å². The third-order valence-electron chi connectivity index (χ3n) is 3.64. The van der Waals surface area contributed by atoms with Crippen molar-refractivity contribution in [2.45, 2.75) is 50.6 Å². The van der Waals surface area contributed by atoms with Crippen molar-refractivity contribution in [2.75, 3.05) is 5.32 Å². The van der Waals surface area contributed by atoms with Crippen molar-refractivity contribution in [3.05, 3.63) is 17.6 Å². The van der Waals surface area contributed by atoms with Crippen molar-refractivity contribution in [1.29, 1.82) is 0 Å². The molecular formula is C12H18N4. The molecule has 1 heterocycles. The van der Waals surface area contributed by atoms with E-state index < -0.39 is 0 Å². The molecule has 86 valence electrons. The lowest BCUT2D eigenvalue weighted by atomic mass is 9.87. The summed E-state index contributed by atoms with van der Waals surface area (Å²) in [5.41, 5.74) is 8.37. The normalized spacial score (nSPS) is 28.1. The van der Waals surface area contributed by atoms with Crippen LogP contribution in [0.3, 0.4) is 0 Å². The molecule has 16 heavy (non-hydrogen) atoms. The highest BCUT2D eigenvalue weighted by molar-refractivity contribution is 5.48. The summed E-state index contributed by atoms with van der Waals surface area (Å²) in [5, 5.41) is 3.51. The van der Waals surface area contributed by atoms with Crippen LogP contribution in [0.25, 0.3) is 0 Å². The van der Waals surface area contributed by atoms with Crippen molar-refractivity contribution in [2.24, 2.45) is 5.73 Å². The SMILES string of the molecule is NC1CC(Nc2ncnc3c2CCCC3)C1. The number of nitrogens with two attached hydrogens (primary N) is 1. The zero-order chi connectivity index (χ0) is 11.0. The number of aryl methyl sites for hydroxylation is 1. The number of hydrogen-bond acceptors (Lipinski definition) is 4. The second-order valence-electron chi connectivity index (χ2n) is 4.93. The second kappa shape index (κ2) is 4.01. The van der Waals surface area contributed by atoms with E-state index in [4.69, 9.17) is 5.73 Å². The lowest BCUT2D eigenvalue weighted by molar-refractivity contribution is 0.372. The van der Waals surface area contributed by atoms with E-state index >= 15 is 0 Å². The predicted molar refractivity (Wildman–Crippen MR) is 63.3 cm³/mol. The molecule has 1 aromatic heterocycles. The summed E-state index contributed by atoms with van der Waals surface area (Å²) in [6.07, 6.45) is 8.58. The van der Waals surface area contributed by atoms with Crippen LogP contribution in [-0.4, -0.2) is 22.1 Å². The zero-order valence-electron chi connectivity index (χ0n) is 9.45. The van der Waals surface area contributed by atoms with Crippen LogP contribution in [0.4, 0.5) is 5.82 Å². The lowest BCUT2D eigenvalue weighted by Gasteiger charge is -2.34. The van der Waals surface area contributed by atoms with E-state index in [-0.39, 0.29) is 0 Å². The fourth-order valence-corrected chi connectivity index (χ4v) is 2.62. The molecule has 0 amide bonds. The van der Waals surface area contributed by atoms with Crippen LogP contribution in [0.15, 0.2) is 6.33 Å². The van der Waals surface area contributed by atoms with Crippen LogP contribution >= 0.6 is 0 Å². The fourth-order valence-electron chi connectivity index (χ4n) is 2.62. The van der Waals surface area contributed by atoms with E-state index in [2.05, 4.69) is 15.3 Å². The van der Waals surface area contributed by atoms with Crippen molar-refractivity contribution in [1.82, 2.24) is 9.97 Å². The molecule has 1 saturated carbocycles. The molecule has 3 N–H and O–H groups in total. The Kier molecular flexibility index (Phi) is 2.52. The Balaban J connectivity index is 1.78. The van der Waals surface area contributed by atoms with Gasteiger partial charge < -0.3 is 11.1 Å². The maximum Gasteiger partial charge on any atom is 0.133 e. The number of nitrogens with one attached hydrogen (secondary N) is 1. The summed E-state index contributed by atoms with van der Waals surface area (Å²) in [5.74, 6) is 1.06. The van der Waals surface area contributed by atoms with Crippen molar-refractivity contribution < 1.29 is 0 Å². The smallest absolute Gasteiger partial charge is 0.133 e. The predicted octanol–water partition coefficient (Wildman–Crippen LogP) is 1.26. The summed E-state index contributed by atoms with van der Waals surface area (Å²) in [7, 11) is 0. The number of nitrogens with zero attached hydrogens (tertiary/aromatic N) is 2. The van der Waals surface area contributed by atoms with E-state index in [9.17, 15) is 0 Å². The van der Waals surface area contributed by atoms with Gasteiger partial charge in [-0.1, -0.05) is 0 Å². The van der Waals surface area contributed by atoms with Crippen LogP contribution in [-0.2, 0) is 12.8 Å². The fraction of sp³-hybridized carbons (Fsp3) is 0.667. The third-order valence-corrected chi connectivity index (χ3v) is 3.64. The Morgan fingerprint density at radius 2 is 2.00 bits per heavy atom. The van der Waals surface area contributed by atoms with Gasteiger partial charge in [0.15, 0.2) is 0 Å². The molecule has 0 radical (unpaired) electrons. The first kappa shape index (κ1) is 10.0. The van der Waals surface area contributed by atoms with Gasteiger partial charge >= 0.3 is 0 Å². The minimum Gasteiger partial charge on any atom is -0.367 e. The maximum atomic E-state index is 5.79. The number of rotatable bonds is 2. The molecule has 0 aliphatic heterocycles. The summed E-state index contributed by atoms with van der Waals surface area (Å²) in [6.45, 7) is 0. The molecule has 0 aromatic carbocycles. The molecule has 2 aliphatic carbocycles. The van der Waals surface area contributed by atoms with Gasteiger partial charge in [0.05, 0.1) is 0 Å². The molecule has 3 rings (SSSR count). The molecule has 0 unspecified atom stereocenters. The van der Waals surface area contributed by atoms with Crippen molar-refractivity contribution in [3.63, 3.8) is 0 Å². The maximum absolute atomic E-state index is 5.79. The van der Waals surface area contributed by atoms with Crippen LogP contribution in [0.5, 0.6) is 0 Å². The van der Waals surface area contributed by atoms with Gasteiger partial charge in [0.1, 0.15) is 12.1 Å². The third kappa shape index (κ3) is 1.78. The van der Waals surface area contributed by atoms with Crippen LogP contribution in [0.2, 0.25) is 0 Å². The van der Waals surface area contributed by atoms with Gasteiger partial charge in [-0.2, -0.15) is 0 Å². The van der Waals surface area contributed by atoms with Gasteiger partial charge in [0, 0.05) is 23.3 Å². The lowest BCUT2D eigenvalue weighted by Crippen LogP contribution is -2.44. The number of aromatic nitrogens is 2. The average Bonchev–Trinajstić information content (AvgIpc) is 2.27. The summed E-state index contributed by atoms with van der Waals surface area (Å²) in [6, 6.07) is 0.908. The minimum absolute atomic E-state index is 0.384. The topological polar surface area (TPSA) is 63.8 Å². The summed E-state index contributed by atoms with van der Waals surface area (Å²) >= 11 is 0. The molecule has 1 fully saturated rings. The van der Waals surface area contributed by atoms with Crippen LogP contribution in [0.1, 0.15) is 36.9 Å². The first-order valence-corrected chi connectivity index (χ1v) is 6.18. The highest BCUT2D eigenvalue weighted by atomic mass is 15.1. The first-order chi connectivity index (χ1) is 7.83. The first-order valence-electron chi connectivity index (χ1n) is 6.18. The molecule has 4 heteroatoms. The van der Waals surface area contributed by atoms with E-state index in [1.165, 1.54) is 24.1 Å². The van der Waals surface area contributed by atoms with Gasteiger partial charge in [0.25, 0.3) is 0 Å². The second-order valence-corrected chi connectivity index (χ2v) is 4.93. The van der Waals surface area contributed by atoms with Gasteiger partial charge in [-0.25, -0.2) is 9.97 Å². The standard InChI is InChI=1S/C12H18N4/c13-8-5-9(6-8)16-12-10-3-1-2-4-11(10)14-7-15-12/h7-9H,1-6,13H2,(H,14,15,16). The molecule has 4 nitrogen and oxygen atoms in total. The van der Waals surface area contributed by atoms with E-state index in [1.807, 2.05) is 0 Å². The van der Waals surface area contributed by atoms with Gasteiger partial charge in [-0.3, -0.25) is 0 Å². The Morgan fingerprint density at radius 3 is 2.81 bits per heavy atom. The van der Waals surface area contributed by atoms with Crippen molar-refractivity contribution >= 4 is 5.82 Å². The molecular weight excluding hydrogens is 200 g/mol. The van der Waals surface area contributed by atoms with Gasteiger partial charge in [-0.15, -0.1) is 0 Å². The van der Waals surface area contributed by atoms with Crippen LogP contribution in [0, 0.1) is 0 Å². The van der Waals surface area contributed by atoms with Gasteiger partial charge in [-0.05, 0) is 38.5 Å². The highest BCUT2D eigenvalue weighted by Gasteiger charge is 2.27. The Hall–Kier alpha value is -1.16. The molecule has 0 saturated heterocycles. The number of hydrogen-bond donors (Lipinski definition) is 2. The summed E-state index contributed by atoms with van der Waals surface area (Å²) in [4.78, 5) is 8.75. The van der Waals surface area contributed by atoms with E-state index in [0.717, 1.165) is 31.5 Å². The van der Waals surface area contributed by atoms with E-state index in [0.29, 0.717) is 12.1 Å². The minimum atomic E-state index is 0.384. The quantitative estimate of drug-likeness (QED) is 0.784. The Morgan fingerprint density at radius 1 is 1.19 bits per heavy atom. The van der Waals surface area contributed by atoms with Crippen LogP contribution < -0.4 is 11.1 Å². The average molecular weight is 218 g/mol. The summed E-state index contributed by atoms with van der Waals surface area (Å²) < 4.78 is 0. The number of fused-ring (bicyclic) bond motifs is 1. The molecule has 2 aliphatic rings. The molecule has 0 spiro atoms. The molecule has 0 bridgehead atoms. The Labute approximate surface area is 95.7 Å².